The molecule has 0 saturated heterocycles. The molecule has 0 rings (SSSR count). The van der Waals surface area contributed by atoms with Crippen LogP contribution in [-0.2, 0) is 9.13 Å². The molecule has 0 spiro atoms. The zero-order chi connectivity index (χ0) is 10.9. The van der Waals surface area contributed by atoms with Crippen molar-refractivity contribution < 1.29 is 33.1 Å². The lowest BCUT2D eigenvalue weighted by Gasteiger charge is -2.26. The summed E-state index contributed by atoms with van der Waals surface area (Å²) in [6.07, 6.45) is -0.950. The molecule has 6 nitrogen and oxygen atoms in total. The quantitative estimate of drug-likeness (QED) is 0.535. The number of rotatable bonds is 4. The van der Waals surface area contributed by atoms with Crippen LogP contribution in [0.3, 0.4) is 0 Å². The minimum absolute atomic E-state index is 0.0767. The van der Waals surface area contributed by atoms with E-state index in [-0.39, 0.29) is 6.42 Å². The van der Waals surface area contributed by atoms with E-state index in [0.29, 0.717) is 0 Å². The summed E-state index contributed by atoms with van der Waals surface area (Å²) in [5, 5.41) is -3.74. The van der Waals surface area contributed by atoms with Gasteiger partial charge >= 0.3 is 20.3 Å². The third-order valence-corrected chi connectivity index (χ3v) is 5.26. The Labute approximate surface area is 74.1 Å². The van der Waals surface area contributed by atoms with Crippen LogP contribution in [0.4, 0.5) is 4.39 Å². The van der Waals surface area contributed by atoms with Crippen LogP contribution in [0, 0.1) is 0 Å². The van der Waals surface area contributed by atoms with E-state index in [1.54, 1.807) is 0 Å². The second-order valence-corrected chi connectivity index (χ2v) is 6.50. The lowest BCUT2D eigenvalue weighted by atomic mass is 10.4. The zero-order valence-electron chi connectivity index (χ0n) is 6.79. The fourth-order valence-electron chi connectivity index (χ4n) is 0.779. The molecule has 9 heteroatoms. The summed E-state index contributed by atoms with van der Waals surface area (Å²) in [6, 6.07) is 0. The van der Waals surface area contributed by atoms with E-state index < -0.39 is 26.8 Å². The van der Waals surface area contributed by atoms with Crippen LogP contribution < -0.4 is 0 Å². The van der Waals surface area contributed by atoms with Crippen molar-refractivity contribution >= 4 is 15.2 Å². The summed E-state index contributed by atoms with van der Waals surface area (Å²) in [4.78, 5) is 33.8. The molecule has 0 unspecified atom stereocenters. The third-order valence-electron chi connectivity index (χ3n) is 1.46. The van der Waals surface area contributed by atoms with Gasteiger partial charge in [0.2, 0.25) is 0 Å². The zero-order valence-corrected chi connectivity index (χ0v) is 8.58. The van der Waals surface area contributed by atoms with Crippen LogP contribution in [0.15, 0.2) is 0 Å². The van der Waals surface area contributed by atoms with Crippen LogP contribution in [0.1, 0.15) is 19.8 Å². The molecule has 0 aromatic carbocycles. The van der Waals surface area contributed by atoms with Gasteiger partial charge in [-0.15, -0.1) is 0 Å². The van der Waals surface area contributed by atoms with Crippen LogP contribution in [-0.4, -0.2) is 24.7 Å². The molecule has 0 radical (unpaired) electrons. The van der Waals surface area contributed by atoms with Crippen LogP contribution >= 0.6 is 15.2 Å². The summed E-state index contributed by atoms with van der Waals surface area (Å²) in [7, 11) is -10.9. The van der Waals surface area contributed by atoms with Gasteiger partial charge in [0.1, 0.15) is 0 Å². The van der Waals surface area contributed by atoms with Gasteiger partial charge < -0.3 is 19.6 Å². The standard InChI is InChI=1S/C4H11FO6P2/c1-2-3-4(5,12(6,7)8)13(9,10)11/h2-3H2,1H3,(H2,6,7,8)(H2,9,10,11). The molecule has 0 heterocycles. The Morgan fingerprint density at radius 2 is 1.46 bits per heavy atom. The maximum Gasteiger partial charge on any atom is 0.375 e. The highest BCUT2D eigenvalue weighted by Gasteiger charge is 2.60. The molecular formula is C4H11FO6P2. The molecule has 0 aromatic heterocycles. The molecule has 13 heavy (non-hydrogen) atoms. The van der Waals surface area contributed by atoms with Crippen molar-refractivity contribution in [2.75, 3.05) is 0 Å². The SMILES string of the molecule is CCCC(F)(P(=O)(O)O)P(=O)(O)O. The summed E-state index contributed by atoms with van der Waals surface area (Å²) in [5.74, 6) is 0. The highest BCUT2D eigenvalue weighted by molar-refractivity contribution is 7.72. The summed E-state index contributed by atoms with van der Waals surface area (Å²) in [5.41, 5.74) is 0. The summed E-state index contributed by atoms with van der Waals surface area (Å²) < 4.78 is 34.3. The molecule has 0 amide bonds. The van der Waals surface area contributed by atoms with Gasteiger partial charge in [-0.2, -0.15) is 0 Å². The van der Waals surface area contributed by atoms with Gasteiger partial charge in [-0.3, -0.25) is 9.13 Å². The van der Waals surface area contributed by atoms with E-state index in [0.717, 1.165) is 0 Å². The van der Waals surface area contributed by atoms with Gasteiger partial charge in [0.15, 0.2) is 0 Å². The van der Waals surface area contributed by atoms with Crippen molar-refractivity contribution in [3.8, 4) is 0 Å². The molecule has 80 valence electrons. The van der Waals surface area contributed by atoms with Crippen LogP contribution in [0.2, 0.25) is 0 Å². The first-order valence-corrected chi connectivity index (χ1v) is 6.59. The smallest absolute Gasteiger partial charge is 0.322 e. The van der Waals surface area contributed by atoms with Crippen LogP contribution in [0.25, 0.3) is 0 Å². The Bertz CT molecular complexity index is 244. The summed E-state index contributed by atoms with van der Waals surface area (Å²) in [6.45, 7) is 1.36. The Balaban J connectivity index is 5.22. The highest BCUT2D eigenvalue weighted by atomic mass is 31.2. The fraction of sp³-hybridized carbons (Fsp3) is 1.00. The Morgan fingerprint density at radius 1 is 1.15 bits per heavy atom. The maximum atomic E-state index is 13.3. The van der Waals surface area contributed by atoms with E-state index in [4.69, 9.17) is 19.6 Å². The van der Waals surface area contributed by atoms with Crippen LogP contribution in [0.5, 0.6) is 0 Å². The maximum absolute atomic E-state index is 13.3. The van der Waals surface area contributed by atoms with Crippen molar-refractivity contribution in [2.24, 2.45) is 0 Å². The monoisotopic (exact) mass is 236 g/mol. The third kappa shape index (κ3) is 2.59. The van der Waals surface area contributed by atoms with Gasteiger partial charge in [0.05, 0.1) is 0 Å². The predicted molar refractivity (Wildman–Crippen MR) is 42.8 cm³/mol. The Hall–Kier alpha value is 0.230. The first-order valence-electron chi connectivity index (χ1n) is 3.36. The largest absolute Gasteiger partial charge is 0.375 e. The second kappa shape index (κ2) is 3.77. The molecule has 0 aliphatic carbocycles. The topological polar surface area (TPSA) is 115 Å². The van der Waals surface area contributed by atoms with Gasteiger partial charge in [-0.05, 0) is 0 Å². The van der Waals surface area contributed by atoms with E-state index in [9.17, 15) is 13.5 Å². The van der Waals surface area contributed by atoms with E-state index in [2.05, 4.69) is 0 Å². The first kappa shape index (κ1) is 13.2. The van der Waals surface area contributed by atoms with Crippen molar-refractivity contribution in [3.05, 3.63) is 0 Å². The lowest BCUT2D eigenvalue weighted by Crippen LogP contribution is -2.22. The summed E-state index contributed by atoms with van der Waals surface area (Å²) >= 11 is 0. The van der Waals surface area contributed by atoms with Gasteiger partial charge in [0, 0.05) is 6.42 Å². The normalized spacial score (nSPS) is 14.6. The molecule has 0 atom stereocenters. The van der Waals surface area contributed by atoms with E-state index in [1.165, 1.54) is 6.92 Å². The van der Waals surface area contributed by atoms with Gasteiger partial charge in [0.25, 0.3) is 0 Å². The van der Waals surface area contributed by atoms with Crippen molar-refractivity contribution in [1.29, 1.82) is 0 Å². The molecule has 0 fully saturated rings. The van der Waals surface area contributed by atoms with Gasteiger partial charge in [-0.1, -0.05) is 13.3 Å². The predicted octanol–water partition coefficient (Wildman–Crippen LogP) is 0.765. The molecular weight excluding hydrogens is 225 g/mol. The highest BCUT2D eigenvalue weighted by Crippen LogP contribution is 2.71. The minimum Gasteiger partial charge on any atom is -0.322 e. The molecule has 0 saturated carbocycles. The number of hydrogen-bond acceptors (Lipinski definition) is 2. The first-order chi connectivity index (χ1) is 5.56. The minimum atomic E-state index is -5.46. The fourth-order valence-corrected chi connectivity index (χ4v) is 3.17. The molecule has 0 aliphatic heterocycles. The van der Waals surface area contributed by atoms with Crippen molar-refractivity contribution in [1.82, 2.24) is 0 Å². The number of hydrogen-bond donors (Lipinski definition) is 4. The molecule has 4 N–H and O–H groups in total. The van der Waals surface area contributed by atoms with E-state index in [1.807, 2.05) is 0 Å². The average molecular weight is 236 g/mol. The molecule has 0 bridgehead atoms. The van der Waals surface area contributed by atoms with Crippen molar-refractivity contribution in [3.63, 3.8) is 0 Å². The Morgan fingerprint density at radius 3 is 1.54 bits per heavy atom. The molecule has 0 aliphatic rings. The van der Waals surface area contributed by atoms with Crippen molar-refractivity contribution in [2.45, 2.75) is 24.9 Å². The Kier molecular flexibility index (Phi) is 3.84. The average Bonchev–Trinajstić information content (AvgIpc) is 1.82. The number of halogens is 1. The van der Waals surface area contributed by atoms with Gasteiger partial charge in [-0.25, -0.2) is 4.39 Å². The number of alkyl halides is 1. The lowest BCUT2D eigenvalue weighted by molar-refractivity contribution is 0.213. The van der Waals surface area contributed by atoms with E-state index >= 15 is 0 Å². The second-order valence-electron chi connectivity index (χ2n) is 2.56. The molecule has 0 aromatic rings.